The molecule has 1 aliphatic carbocycles. The molecule has 1 saturated carbocycles. The van der Waals surface area contributed by atoms with E-state index in [1.54, 1.807) is 17.0 Å². The third kappa shape index (κ3) is 2.35. The molecule has 17 heavy (non-hydrogen) atoms. The molecular weight excluding hydrogens is 214 g/mol. The van der Waals surface area contributed by atoms with Gasteiger partial charge < -0.3 is 9.88 Å². The average molecular weight is 235 g/mol. The van der Waals surface area contributed by atoms with E-state index in [0.29, 0.717) is 23.7 Å². The van der Waals surface area contributed by atoms with Gasteiger partial charge in [0.05, 0.1) is 0 Å². The molecule has 94 valence electrons. The van der Waals surface area contributed by atoms with Crippen LogP contribution in [0.2, 0.25) is 0 Å². The summed E-state index contributed by atoms with van der Waals surface area (Å²) in [5.41, 5.74) is 0.371. The molecular formula is C13H21N3O. The molecule has 1 heterocycles. The fraction of sp³-hybridized carbons (Fsp3) is 0.692. The molecule has 1 aliphatic rings. The molecule has 2 rings (SSSR count). The molecule has 0 spiro atoms. The lowest BCUT2D eigenvalue weighted by Crippen LogP contribution is -2.28. The van der Waals surface area contributed by atoms with Crippen LogP contribution in [0.25, 0.3) is 0 Å². The van der Waals surface area contributed by atoms with Gasteiger partial charge in [0.25, 0.3) is 5.56 Å². The second-order valence-corrected chi connectivity index (χ2v) is 5.24. The number of aryl methyl sites for hydroxylation is 1. The van der Waals surface area contributed by atoms with E-state index < -0.39 is 0 Å². The summed E-state index contributed by atoms with van der Waals surface area (Å²) in [5, 5.41) is 3.23. The van der Waals surface area contributed by atoms with Gasteiger partial charge in [-0.15, -0.1) is 0 Å². The monoisotopic (exact) mass is 235 g/mol. The number of nitrogens with one attached hydrogen (secondary N) is 1. The van der Waals surface area contributed by atoms with E-state index in [1.807, 2.05) is 6.92 Å². The van der Waals surface area contributed by atoms with E-state index in [1.165, 1.54) is 12.8 Å². The molecule has 0 bridgehead atoms. The van der Waals surface area contributed by atoms with Crippen molar-refractivity contribution in [2.75, 3.05) is 11.9 Å². The van der Waals surface area contributed by atoms with Gasteiger partial charge in [-0.3, -0.25) is 4.79 Å². The number of rotatable bonds is 5. The van der Waals surface area contributed by atoms with Crippen LogP contribution in [-0.2, 0) is 6.54 Å². The minimum absolute atomic E-state index is 0.0189. The van der Waals surface area contributed by atoms with Crippen LogP contribution in [0.5, 0.6) is 0 Å². The third-order valence-electron chi connectivity index (χ3n) is 3.98. The highest BCUT2D eigenvalue weighted by atomic mass is 16.1. The van der Waals surface area contributed by atoms with Crippen LogP contribution < -0.4 is 10.9 Å². The molecule has 0 radical (unpaired) electrons. The highest BCUT2D eigenvalue weighted by Crippen LogP contribution is 2.51. The molecule has 1 aromatic heterocycles. The smallest absolute Gasteiger partial charge is 0.293 e. The largest absolute Gasteiger partial charge is 0.365 e. The van der Waals surface area contributed by atoms with Crippen LogP contribution in [-0.4, -0.2) is 16.1 Å². The van der Waals surface area contributed by atoms with Crippen molar-refractivity contribution in [3.63, 3.8) is 0 Å². The van der Waals surface area contributed by atoms with Crippen molar-refractivity contribution >= 4 is 5.82 Å². The summed E-state index contributed by atoms with van der Waals surface area (Å²) in [5.74, 6) is 1.15. The summed E-state index contributed by atoms with van der Waals surface area (Å²) in [6.07, 6.45) is 5.92. The molecule has 1 fully saturated rings. The van der Waals surface area contributed by atoms with Gasteiger partial charge >= 0.3 is 0 Å². The second kappa shape index (κ2) is 4.51. The lowest BCUT2D eigenvalue weighted by atomic mass is 9.92. The van der Waals surface area contributed by atoms with Crippen molar-refractivity contribution in [1.29, 1.82) is 0 Å². The Balaban J connectivity index is 2.07. The quantitative estimate of drug-likeness (QED) is 0.850. The number of hydrogen-bond donors (Lipinski definition) is 1. The number of anilines is 1. The highest BCUT2D eigenvalue weighted by molar-refractivity contribution is 5.32. The van der Waals surface area contributed by atoms with Crippen molar-refractivity contribution in [2.45, 2.75) is 40.2 Å². The van der Waals surface area contributed by atoms with Crippen molar-refractivity contribution in [1.82, 2.24) is 9.55 Å². The Morgan fingerprint density at radius 2 is 2.24 bits per heavy atom. The van der Waals surface area contributed by atoms with Gasteiger partial charge in [0.2, 0.25) is 0 Å². The molecule has 0 aliphatic heterocycles. The summed E-state index contributed by atoms with van der Waals surface area (Å²) in [6, 6.07) is 0. The Morgan fingerprint density at radius 1 is 1.53 bits per heavy atom. The van der Waals surface area contributed by atoms with E-state index in [9.17, 15) is 4.79 Å². The topological polar surface area (TPSA) is 46.9 Å². The molecule has 0 atom stereocenters. The van der Waals surface area contributed by atoms with Gasteiger partial charge in [0.15, 0.2) is 5.82 Å². The first-order valence-electron chi connectivity index (χ1n) is 6.38. The Bertz CT molecular complexity index is 446. The Morgan fingerprint density at radius 3 is 2.76 bits per heavy atom. The van der Waals surface area contributed by atoms with Gasteiger partial charge in [-0.25, -0.2) is 4.98 Å². The predicted molar refractivity (Wildman–Crippen MR) is 69.2 cm³/mol. The number of aromatic nitrogens is 2. The lowest BCUT2D eigenvalue weighted by molar-refractivity contribution is 0.379. The maximum Gasteiger partial charge on any atom is 0.293 e. The van der Waals surface area contributed by atoms with Gasteiger partial charge in [-0.05, 0) is 31.1 Å². The summed E-state index contributed by atoms with van der Waals surface area (Å²) < 4.78 is 1.67. The van der Waals surface area contributed by atoms with Gasteiger partial charge in [-0.1, -0.05) is 13.8 Å². The summed E-state index contributed by atoms with van der Waals surface area (Å²) in [4.78, 5) is 16.1. The number of nitrogens with zero attached hydrogens (tertiary/aromatic N) is 2. The molecule has 4 heteroatoms. The summed E-state index contributed by atoms with van der Waals surface area (Å²) in [7, 11) is 0. The van der Waals surface area contributed by atoms with Gasteiger partial charge in [0.1, 0.15) is 0 Å². The average Bonchev–Trinajstić information content (AvgIpc) is 3.09. The maximum atomic E-state index is 11.9. The van der Waals surface area contributed by atoms with Crippen molar-refractivity contribution < 1.29 is 0 Å². The van der Waals surface area contributed by atoms with Crippen LogP contribution in [0.1, 0.15) is 33.6 Å². The SMILES string of the molecule is CCn1ccnc(NCC2(C(C)C)CC2)c1=O. The molecule has 0 aromatic carbocycles. The maximum absolute atomic E-state index is 11.9. The molecule has 4 nitrogen and oxygen atoms in total. The molecule has 0 saturated heterocycles. The van der Waals surface area contributed by atoms with Crippen LogP contribution in [0.15, 0.2) is 17.2 Å². The zero-order valence-electron chi connectivity index (χ0n) is 10.9. The van der Waals surface area contributed by atoms with Gasteiger partial charge in [0, 0.05) is 25.5 Å². The molecule has 1 N–H and O–H groups in total. The van der Waals surface area contributed by atoms with E-state index >= 15 is 0 Å². The van der Waals surface area contributed by atoms with Crippen LogP contribution in [0.3, 0.4) is 0 Å². The standard InChI is InChI=1S/C13H21N3O/c1-4-16-8-7-14-11(12(16)17)15-9-13(5-6-13)10(2)3/h7-8,10H,4-6,9H2,1-3H3,(H,14,15). The fourth-order valence-corrected chi connectivity index (χ4v) is 2.20. The first kappa shape index (κ1) is 12.1. The van der Waals surface area contributed by atoms with Crippen molar-refractivity contribution in [3.8, 4) is 0 Å². The zero-order valence-corrected chi connectivity index (χ0v) is 10.9. The first-order valence-corrected chi connectivity index (χ1v) is 6.38. The minimum atomic E-state index is -0.0189. The van der Waals surface area contributed by atoms with Crippen LogP contribution >= 0.6 is 0 Å². The molecule has 0 amide bonds. The lowest BCUT2D eigenvalue weighted by Gasteiger charge is -2.20. The van der Waals surface area contributed by atoms with Crippen LogP contribution in [0.4, 0.5) is 5.82 Å². The summed E-state index contributed by atoms with van der Waals surface area (Å²) in [6.45, 7) is 8.00. The predicted octanol–water partition coefficient (Wildman–Crippen LogP) is 2.11. The van der Waals surface area contributed by atoms with Crippen LogP contribution in [0, 0.1) is 11.3 Å². The fourth-order valence-electron chi connectivity index (χ4n) is 2.20. The van der Waals surface area contributed by atoms with E-state index in [-0.39, 0.29) is 5.56 Å². The Labute approximate surface area is 102 Å². The Kier molecular flexibility index (Phi) is 3.22. The van der Waals surface area contributed by atoms with E-state index in [2.05, 4.69) is 24.1 Å². The van der Waals surface area contributed by atoms with Crippen molar-refractivity contribution in [3.05, 3.63) is 22.7 Å². The zero-order chi connectivity index (χ0) is 12.5. The van der Waals surface area contributed by atoms with E-state index in [4.69, 9.17) is 0 Å². The number of hydrogen-bond acceptors (Lipinski definition) is 3. The second-order valence-electron chi connectivity index (χ2n) is 5.24. The summed E-state index contributed by atoms with van der Waals surface area (Å²) >= 11 is 0. The first-order chi connectivity index (χ1) is 8.09. The third-order valence-corrected chi connectivity index (χ3v) is 3.98. The van der Waals surface area contributed by atoms with E-state index in [0.717, 1.165) is 6.54 Å². The normalized spacial score (nSPS) is 17.2. The highest BCUT2D eigenvalue weighted by Gasteiger charge is 2.45. The van der Waals surface area contributed by atoms with Gasteiger partial charge in [-0.2, -0.15) is 0 Å². The molecule has 0 unspecified atom stereocenters. The molecule has 1 aromatic rings. The van der Waals surface area contributed by atoms with Crippen molar-refractivity contribution in [2.24, 2.45) is 11.3 Å². The Hall–Kier alpha value is -1.32. The minimum Gasteiger partial charge on any atom is -0.365 e.